The highest BCUT2D eigenvalue weighted by molar-refractivity contribution is 7.88. The number of nitrogens with zero attached hydrogens (tertiary/aromatic N) is 2. The molecular weight excluding hydrogens is 304 g/mol. The van der Waals surface area contributed by atoms with Crippen LogP contribution in [0.4, 0.5) is 0 Å². The summed E-state index contributed by atoms with van der Waals surface area (Å²) in [5.41, 5.74) is 0. The molecule has 0 saturated carbocycles. The number of hydrogen-bond acceptors (Lipinski definition) is 6. The maximum atomic E-state index is 12.2. The summed E-state index contributed by atoms with van der Waals surface area (Å²) in [5, 5.41) is 9.19. The highest BCUT2D eigenvalue weighted by atomic mass is 32.2. The van der Waals surface area contributed by atoms with Crippen molar-refractivity contribution in [1.29, 1.82) is 0 Å². The smallest absolute Gasteiger partial charge is 0.371 e. The van der Waals surface area contributed by atoms with Gasteiger partial charge in [0.15, 0.2) is 0 Å². The second-order valence-electron chi connectivity index (χ2n) is 4.03. The summed E-state index contributed by atoms with van der Waals surface area (Å²) in [7, 11) is -2.46. The van der Waals surface area contributed by atoms with Crippen molar-refractivity contribution < 1.29 is 22.7 Å². The molecule has 0 fully saturated rings. The normalized spacial score (nSPS) is 11.9. The zero-order valence-corrected chi connectivity index (χ0v) is 12.4. The van der Waals surface area contributed by atoms with E-state index >= 15 is 0 Å². The van der Waals surface area contributed by atoms with Crippen LogP contribution in [0.25, 0.3) is 0 Å². The van der Waals surface area contributed by atoms with E-state index in [4.69, 9.17) is 9.52 Å². The summed E-state index contributed by atoms with van der Waals surface area (Å²) in [6.45, 7) is 1.98. The Morgan fingerprint density at radius 3 is 2.70 bits per heavy atom. The van der Waals surface area contributed by atoms with Crippen molar-refractivity contribution in [2.45, 2.75) is 18.6 Å². The van der Waals surface area contributed by atoms with Crippen LogP contribution in [0.1, 0.15) is 20.4 Å². The molecule has 0 aliphatic heterocycles. The maximum Gasteiger partial charge on any atom is 0.371 e. The Hall–Kier alpha value is -1.71. The van der Waals surface area contributed by atoms with Crippen LogP contribution in [0.2, 0.25) is 0 Å². The number of carbonyl (C=O) groups is 1. The maximum absolute atomic E-state index is 12.2. The summed E-state index contributed by atoms with van der Waals surface area (Å²) in [5.74, 6) is -1.72. The molecule has 2 rings (SSSR count). The van der Waals surface area contributed by atoms with Gasteiger partial charge >= 0.3 is 5.97 Å². The fraction of sp³-hybridized carbons (Fsp3) is 0.273. The number of sulfonamides is 1. The van der Waals surface area contributed by atoms with Gasteiger partial charge in [0.25, 0.3) is 10.0 Å². The first-order valence-corrected chi connectivity index (χ1v) is 7.77. The molecule has 108 valence electrons. The van der Waals surface area contributed by atoms with Crippen LogP contribution in [0, 0.1) is 6.92 Å². The number of aromatic nitrogens is 1. The molecule has 0 radical (unpaired) electrons. The molecule has 2 aromatic heterocycles. The highest BCUT2D eigenvalue weighted by Gasteiger charge is 2.26. The average molecular weight is 316 g/mol. The Bertz CT molecular complexity index is 732. The van der Waals surface area contributed by atoms with E-state index in [2.05, 4.69) is 4.98 Å². The van der Waals surface area contributed by atoms with E-state index < -0.39 is 26.8 Å². The predicted molar refractivity (Wildman–Crippen MR) is 71.2 cm³/mol. The number of hydrogen-bond donors (Lipinski definition) is 1. The van der Waals surface area contributed by atoms with Gasteiger partial charge in [-0.15, -0.1) is 11.3 Å². The van der Waals surface area contributed by atoms with E-state index in [-0.39, 0.29) is 6.54 Å². The molecule has 0 aliphatic carbocycles. The summed E-state index contributed by atoms with van der Waals surface area (Å²) in [6.07, 6.45) is 1.61. The number of aryl methyl sites for hydroxylation is 1. The first-order valence-electron chi connectivity index (χ1n) is 5.51. The molecular formula is C11H12N2O5S2. The minimum atomic E-state index is -3.86. The van der Waals surface area contributed by atoms with Crippen LogP contribution in [0.15, 0.2) is 27.8 Å². The molecule has 2 aromatic rings. The minimum Gasteiger partial charge on any atom is -0.475 e. The number of aromatic carboxylic acids is 1. The Kier molecular flexibility index (Phi) is 3.93. The predicted octanol–water partition coefficient (Wildman–Crippen LogP) is 1.56. The minimum absolute atomic E-state index is 0.150. The Balaban J connectivity index is 2.22. The summed E-state index contributed by atoms with van der Waals surface area (Å²) in [6, 6.07) is 2.24. The highest BCUT2D eigenvalue weighted by Crippen LogP contribution is 2.21. The SMILES string of the molecule is Cc1ncc(CN(C)S(=O)(=O)c2ccc(C(=O)O)o2)s1. The lowest BCUT2D eigenvalue weighted by Crippen LogP contribution is -2.25. The Morgan fingerprint density at radius 2 is 2.20 bits per heavy atom. The van der Waals surface area contributed by atoms with Crippen molar-refractivity contribution in [2.24, 2.45) is 0 Å². The van der Waals surface area contributed by atoms with Gasteiger partial charge in [-0.3, -0.25) is 0 Å². The number of thiazole rings is 1. The van der Waals surface area contributed by atoms with Crippen LogP contribution in [0.3, 0.4) is 0 Å². The standard InChI is InChI=1S/C11H12N2O5S2/c1-7-12-5-8(19-7)6-13(2)20(16,17)10-4-3-9(18-10)11(14)15/h3-5H,6H2,1-2H3,(H,14,15). The number of carboxylic acids is 1. The fourth-order valence-corrected chi connectivity index (χ4v) is 3.49. The second-order valence-corrected chi connectivity index (χ2v) is 7.33. The summed E-state index contributed by atoms with van der Waals surface area (Å²) < 4.78 is 30.3. The molecule has 0 spiro atoms. The second kappa shape index (κ2) is 5.35. The van der Waals surface area contributed by atoms with Gasteiger partial charge in [-0.1, -0.05) is 0 Å². The molecule has 0 bridgehead atoms. The quantitative estimate of drug-likeness (QED) is 0.898. The topological polar surface area (TPSA) is 101 Å². The van der Waals surface area contributed by atoms with E-state index in [1.807, 2.05) is 6.92 Å². The summed E-state index contributed by atoms with van der Waals surface area (Å²) >= 11 is 1.40. The van der Waals surface area contributed by atoms with Gasteiger partial charge in [-0.2, -0.15) is 4.31 Å². The fourth-order valence-electron chi connectivity index (χ4n) is 1.51. The van der Waals surface area contributed by atoms with Crippen LogP contribution in [-0.2, 0) is 16.6 Å². The van der Waals surface area contributed by atoms with E-state index in [1.54, 1.807) is 6.20 Å². The third kappa shape index (κ3) is 2.89. The van der Waals surface area contributed by atoms with E-state index in [0.717, 1.165) is 26.3 Å². The number of carboxylic acid groups (broad SMARTS) is 1. The Morgan fingerprint density at radius 1 is 1.50 bits per heavy atom. The van der Waals surface area contributed by atoms with Gasteiger partial charge in [0, 0.05) is 24.7 Å². The average Bonchev–Trinajstić information content (AvgIpc) is 2.98. The third-order valence-electron chi connectivity index (χ3n) is 2.50. The van der Waals surface area contributed by atoms with Crippen LogP contribution < -0.4 is 0 Å². The van der Waals surface area contributed by atoms with Gasteiger partial charge in [-0.05, 0) is 19.1 Å². The van der Waals surface area contributed by atoms with Gasteiger partial charge < -0.3 is 9.52 Å². The zero-order chi connectivity index (χ0) is 14.9. The van der Waals surface area contributed by atoms with E-state index in [0.29, 0.717) is 0 Å². The van der Waals surface area contributed by atoms with Gasteiger partial charge in [0.05, 0.1) is 5.01 Å². The van der Waals surface area contributed by atoms with Crippen molar-refractivity contribution >= 4 is 27.3 Å². The van der Waals surface area contributed by atoms with Crippen molar-refractivity contribution in [3.05, 3.63) is 34.0 Å². The molecule has 20 heavy (non-hydrogen) atoms. The van der Waals surface area contributed by atoms with Crippen molar-refractivity contribution in [2.75, 3.05) is 7.05 Å². The molecule has 1 N–H and O–H groups in total. The van der Waals surface area contributed by atoms with E-state index in [9.17, 15) is 13.2 Å². The molecule has 2 heterocycles. The lowest BCUT2D eigenvalue weighted by atomic mass is 10.5. The molecule has 0 atom stereocenters. The first kappa shape index (κ1) is 14.7. The molecule has 0 amide bonds. The lowest BCUT2D eigenvalue weighted by molar-refractivity contribution is 0.0656. The molecule has 0 unspecified atom stereocenters. The van der Waals surface area contributed by atoms with Crippen LogP contribution >= 0.6 is 11.3 Å². The van der Waals surface area contributed by atoms with Crippen molar-refractivity contribution in [1.82, 2.24) is 9.29 Å². The van der Waals surface area contributed by atoms with Gasteiger partial charge in [-0.25, -0.2) is 18.2 Å². The Labute approximate surface area is 119 Å². The molecule has 7 nitrogen and oxygen atoms in total. The monoisotopic (exact) mass is 316 g/mol. The molecule has 0 aromatic carbocycles. The van der Waals surface area contributed by atoms with Crippen LogP contribution in [-0.4, -0.2) is 35.8 Å². The molecule has 9 heteroatoms. The number of rotatable bonds is 5. The first-order chi connectivity index (χ1) is 9.30. The zero-order valence-electron chi connectivity index (χ0n) is 10.7. The van der Waals surface area contributed by atoms with E-state index in [1.165, 1.54) is 18.4 Å². The van der Waals surface area contributed by atoms with Crippen molar-refractivity contribution in [3.8, 4) is 0 Å². The largest absolute Gasteiger partial charge is 0.475 e. The lowest BCUT2D eigenvalue weighted by Gasteiger charge is -2.13. The number of furan rings is 1. The van der Waals surface area contributed by atoms with Gasteiger partial charge in [0.2, 0.25) is 10.9 Å². The van der Waals surface area contributed by atoms with Crippen LogP contribution in [0.5, 0.6) is 0 Å². The molecule has 0 aliphatic rings. The third-order valence-corrected chi connectivity index (χ3v) is 5.08. The van der Waals surface area contributed by atoms with Gasteiger partial charge in [0.1, 0.15) is 0 Å². The van der Waals surface area contributed by atoms with Crippen molar-refractivity contribution in [3.63, 3.8) is 0 Å². The summed E-state index contributed by atoms with van der Waals surface area (Å²) in [4.78, 5) is 15.5. The molecule has 0 saturated heterocycles.